The van der Waals surface area contributed by atoms with Crippen LogP contribution in [0.25, 0.3) is 22.2 Å². The number of rotatable bonds is 2. The maximum Gasteiger partial charge on any atom is 0.414 e. The average molecular weight is 279 g/mol. The minimum absolute atomic E-state index is 0.292. The first-order chi connectivity index (χ1) is 10.3. The predicted octanol–water partition coefficient (Wildman–Crippen LogP) is 3.19. The molecule has 0 atom stereocenters. The fourth-order valence-corrected chi connectivity index (χ4v) is 2.61. The van der Waals surface area contributed by atoms with Gasteiger partial charge in [-0.25, -0.2) is 4.79 Å². The number of ether oxygens (including phenoxy) is 1. The van der Waals surface area contributed by atoms with Gasteiger partial charge >= 0.3 is 6.09 Å². The van der Waals surface area contributed by atoms with E-state index in [9.17, 15) is 4.79 Å². The number of hydrogen-bond donors (Lipinski definition) is 1. The highest BCUT2D eigenvalue weighted by Crippen LogP contribution is 2.30. The van der Waals surface area contributed by atoms with Crippen LogP contribution in [0.3, 0.4) is 0 Å². The third kappa shape index (κ3) is 1.94. The zero-order chi connectivity index (χ0) is 14.2. The molecule has 104 valence electrons. The lowest BCUT2D eigenvalue weighted by atomic mass is 10.1. The van der Waals surface area contributed by atoms with E-state index in [1.54, 1.807) is 4.90 Å². The molecule has 1 N–H and O–H groups in total. The Hall–Kier alpha value is -2.82. The number of hydrogen-bond acceptors (Lipinski definition) is 3. The van der Waals surface area contributed by atoms with Crippen LogP contribution in [-0.2, 0) is 4.74 Å². The molecular weight excluding hydrogens is 266 g/mol. The zero-order valence-electron chi connectivity index (χ0n) is 11.2. The lowest BCUT2D eigenvalue weighted by Gasteiger charge is -2.12. The highest BCUT2D eigenvalue weighted by atomic mass is 16.6. The van der Waals surface area contributed by atoms with E-state index in [0.29, 0.717) is 13.2 Å². The minimum Gasteiger partial charge on any atom is -0.447 e. The average Bonchev–Trinajstić information content (AvgIpc) is 3.13. The lowest BCUT2D eigenvalue weighted by Crippen LogP contribution is -2.23. The number of carbonyl (C=O) groups excluding carboxylic acids is 1. The minimum atomic E-state index is -0.292. The van der Waals surface area contributed by atoms with E-state index in [1.807, 2.05) is 48.5 Å². The molecule has 2 heterocycles. The van der Waals surface area contributed by atoms with Crippen LogP contribution in [0.5, 0.6) is 0 Å². The number of anilines is 1. The summed E-state index contributed by atoms with van der Waals surface area (Å²) in [6, 6.07) is 15.8. The van der Waals surface area contributed by atoms with E-state index >= 15 is 0 Å². The molecule has 0 radical (unpaired) electrons. The Morgan fingerprint density at radius 3 is 2.76 bits per heavy atom. The second-order valence-electron chi connectivity index (χ2n) is 4.93. The lowest BCUT2D eigenvalue weighted by molar-refractivity contribution is 0.181. The molecule has 0 spiro atoms. The Kier molecular flexibility index (Phi) is 2.64. The van der Waals surface area contributed by atoms with Gasteiger partial charge in [0.05, 0.1) is 17.8 Å². The van der Waals surface area contributed by atoms with Gasteiger partial charge in [-0.1, -0.05) is 30.3 Å². The fourth-order valence-electron chi connectivity index (χ4n) is 2.61. The van der Waals surface area contributed by atoms with Gasteiger partial charge in [-0.15, -0.1) is 0 Å². The number of aromatic nitrogens is 2. The number of nitrogens with one attached hydrogen (secondary N) is 1. The number of nitrogens with zero attached hydrogens (tertiary/aromatic N) is 2. The monoisotopic (exact) mass is 279 g/mol. The molecule has 1 saturated heterocycles. The molecule has 1 amide bonds. The maximum atomic E-state index is 11.7. The summed E-state index contributed by atoms with van der Waals surface area (Å²) < 4.78 is 4.99. The predicted molar refractivity (Wildman–Crippen MR) is 80.2 cm³/mol. The van der Waals surface area contributed by atoms with Gasteiger partial charge in [0.2, 0.25) is 0 Å². The maximum absolute atomic E-state index is 11.7. The summed E-state index contributed by atoms with van der Waals surface area (Å²) in [7, 11) is 0. The molecule has 21 heavy (non-hydrogen) atoms. The topological polar surface area (TPSA) is 58.2 Å². The van der Waals surface area contributed by atoms with Crippen molar-refractivity contribution < 1.29 is 9.53 Å². The summed E-state index contributed by atoms with van der Waals surface area (Å²) in [4.78, 5) is 13.3. The van der Waals surface area contributed by atoms with Gasteiger partial charge in [0.15, 0.2) is 0 Å². The number of amides is 1. The first kappa shape index (κ1) is 12.0. The van der Waals surface area contributed by atoms with Crippen LogP contribution < -0.4 is 4.90 Å². The van der Waals surface area contributed by atoms with Crippen LogP contribution >= 0.6 is 0 Å². The van der Waals surface area contributed by atoms with Crippen LogP contribution in [0.1, 0.15) is 0 Å². The molecule has 5 heteroatoms. The van der Waals surface area contributed by atoms with Crippen LogP contribution in [0, 0.1) is 0 Å². The van der Waals surface area contributed by atoms with Crippen LogP contribution in [0.4, 0.5) is 10.5 Å². The normalized spacial score (nSPS) is 14.7. The smallest absolute Gasteiger partial charge is 0.414 e. The molecule has 1 aliphatic heterocycles. The van der Waals surface area contributed by atoms with Crippen molar-refractivity contribution in [2.75, 3.05) is 18.1 Å². The number of cyclic esters (lactones) is 1. The first-order valence-corrected chi connectivity index (χ1v) is 6.81. The molecule has 2 aromatic carbocycles. The molecule has 4 rings (SSSR count). The zero-order valence-corrected chi connectivity index (χ0v) is 11.2. The van der Waals surface area contributed by atoms with Gasteiger partial charge < -0.3 is 4.74 Å². The number of fused-ring (bicyclic) bond motifs is 1. The molecule has 1 fully saturated rings. The Labute approximate surface area is 121 Å². The summed E-state index contributed by atoms with van der Waals surface area (Å²) in [5.41, 5.74) is 3.72. The second-order valence-corrected chi connectivity index (χ2v) is 4.93. The Balaban J connectivity index is 1.85. The summed E-state index contributed by atoms with van der Waals surface area (Å²) in [5.74, 6) is 0. The quantitative estimate of drug-likeness (QED) is 0.783. The third-order valence-electron chi connectivity index (χ3n) is 3.67. The van der Waals surface area contributed by atoms with Gasteiger partial charge in [-0.3, -0.25) is 10.00 Å². The van der Waals surface area contributed by atoms with Crippen molar-refractivity contribution >= 4 is 22.7 Å². The second kappa shape index (κ2) is 4.63. The van der Waals surface area contributed by atoms with Gasteiger partial charge in [0.25, 0.3) is 0 Å². The molecule has 5 nitrogen and oxygen atoms in total. The van der Waals surface area contributed by atoms with Crippen molar-refractivity contribution in [3.05, 3.63) is 48.5 Å². The molecule has 1 aliphatic rings. The number of aromatic amines is 1. The molecule has 0 bridgehead atoms. The Bertz CT molecular complexity index is 811. The van der Waals surface area contributed by atoms with E-state index in [4.69, 9.17) is 4.74 Å². The Morgan fingerprint density at radius 1 is 1.14 bits per heavy atom. The molecule has 0 unspecified atom stereocenters. The summed E-state index contributed by atoms with van der Waals surface area (Å²) in [6.07, 6.45) is -0.292. The largest absolute Gasteiger partial charge is 0.447 e. The van der Waals surface area contributed by atoms with Gasteiger partial charge in [-0.05, 0) is 18.2 Å². The SMILES string of the molecule is O=C1OCCN1c1ccc2[nH]nc(-c3ccccc3)c2c1. The van der Waals surface area contributed by atoms with Crippen LogP contribution in [0.15, 0.2) is 48.5 Å². The van der Waals surface area contributed by atoms with Crippen molar-refractivity contribution in [3.8, 4) is 11.3 Å². The number of carbonyl (C=O) groups is 1. The van der Waals surface area contributed by atoms with Crippen LogP contribution in [-0.4, -0.2) is 29.4 Å². The molecule has 3 aromatic rings. The molecule has 0 aliphatic carbocycles. The summed E-state index contributed by atoms with van der Waals surface area (Å²) >= 11 is 0. The molecular formula is C16H13N3O2. The molecule has 0 saturated carbocycles. The summed E-state index contributed by atoms with van der Waals surface area (Å²) in [5, 5.41) is 8.42. The van der Waals surface area contributed by atoms with Crippen molar-refractivity contribution in [1.29, 1.82) is 0 Å². The van der Waals surface area contributed by atoms with E-state index in [1.165, 1.54) is 0 Å². The number of H-pyrrole nitrogens is 1. The summed E-state index contributed by atoms with van der Waals surface area (Å²) in [6.45, 7) is 1.02. The first-order valence-electron chi connectivity index (χ1n) is 6.81. The van der Waals surface area contributed by atoms with Gasteiger partial charge in [0.1, 0.15) is 6.61 Å². The van der Waals surface area contributed by atoms with E-state index in [2.05, 4.69) is 10.2 Å². The van der Waals surface area contributed by atoms with Gasteiger partial charge in [-0.2, -0.15) is 5.10 Å². The van der Waals surface area contributed by atoms with E-state index < -0.39 is 0 Å². The van der Waals surface area contributed by atoms with Gasteiger partial charge in [0, 0.05) is 16.6 Å². The third-order valence-corrected chi connectivity index (χ3v) is 3.67. The van der Waals surface area contributed by atoms with Crippen molar-refractivity contribution in [2.45, 2.75) is 0 Å². The number of benzene rings is 2. The highest BCUT2D eigenvalue weighted by Gasteiger charge is 2.24. The Morgan fingerprint density at radius 2 is 2.00 bits per heavy atom. The van der Waals surface area contributed by atoms with Crippen molar-refractivity contribution in [3.63, 3.8) is 0 Å². The van der Waals surface area contributed by atoms with E-state index in [0.717, 1.165) is 27.8 Å². The van der Waals surface area contributed by atoms with E-state index in [-0.39, 0.29) is 6.09 Å². The molecule has 1 aromatic heterocycles. The standard InChI is InChI=1S/C16H13N3O2/c20-16-19(8-9-21-16)12-6-7-14-13(10-12)15(18-17-14)11-4-2-1-3-5-11/h1-7,10H,8-9H2,(H,17,18). The fraction of sp³-hybridized carbons (Fsp3) is 0.125. The highest BCUT2D eigenvalue weighted by molar-refractivity contribution is 5.98. The van der Waals surface area contributed by atoms with Crippen LogP contribution in [0.2, 0.25) is 0 Å². The van der Waals surface area contributed by atoms with Crippen molar-refractivity contribution in [2.24, 2.45) is 0 Å². The van der Waals surface area contributed by atoms with Crippen molar-refractivity contribution in [1.82, 2.24) is 10.2 Å².